The molecule has 5 heteroatoms. The van der Waals surface area contributed by atoms with E-state index < -0.39 is 28.7 Å². The predicted octanol–water partition coefficient (Wildman–Crippen LogP) is 2.20. The van der Waals surface area contributed by atoms with Crippen LogP contribution in [0.3, 0.4) is 0 Å². The van der Waals surface area contributed by atoms with Crippen LogP contribution in [0.15, 0.2) is 0 Å². The Morgan fingerprint density at radius 3 is 1.26 bits per heavy atom. The van der Waals surface area contributed by atoms with E-state index in [0.29, 0.717) is 0 Å². The second kappa shape index (κ2) is 5.90. The number of hydrogen-bond donors (Lipinski definition) is 1. The van der Waals surface area contributed by atoms with Crippen LogP contribution in [0.2, 0.25) is 0 Å². The summed E-state index contributed by atoms with van der Waals surface area (Å²) < 4.78 is 10.2. The van der Waals surface area contributed by atoms with Gasteiger partial charge in [-0.15, -0.1) is 0 Å². The van der Waals surface area contributed by atoms with E-state index in [-0.39, 0.29) is 12.8 Å². The SMILES string of the molecule is CC(O)(CC(=O)OC(C)(C)C)CC(=O)OC(C)(C)C. The van der Waals surface area contributed by atoms with Crippen molar-refractivity contribution in [2.45, 2.75) is 78.1 Å². The summed E-state index contributed by atoms with van der Waals surface area (Å²) in [5.41, 5.74) is -2.69. The number of esters is 2. The second-order valence-corrected chi connectivity index (χ2v) is 7.02. The summed E-state index contributed by atoms with van der Waals surface area (Å²) in [6, 6.07) is 0. The molecule has 0 amide bonds. The molecule has 19 heavy (non-hydrogen) atoms. The first-order valence-corrected chi connectivity index (χ1v) is 6.36. The highest BCUT2D eigenvalue weighted by Gasteiger charge is 2.32. The van der Waals surface area contributed by atoms with Crippen LogP contribution in [0.25, 0.3) is 0 Å². The molecule has 0 heterocycles. The zero-order chi connectivity index (χ0) is 15.5. The summed E-state index contributed by atoms with van der Waals surface area (Å²) in [4.78, 5) is 23.2. The zero-order valence-electron chi connectivity index (χ0n) is 13.0. The monoisotopic (exact) mass is 274 g/mol. The lowest BCUT2D eigenvalue weighted by Crippen LogP contribution is -2.36. The van der Waals surface area contributed by atoms with E-state index in [9.17, 15) is 14.7 Å². The number of hydrogen-bond acceptors (Lipinski definition) is 5. The van der Waals surface area contributed by atoms with Crippen molar-refractivity contribution >= 4 is 11.9 Å². The van der Waals surface area contributed by atoms with E-state index in [4.69, 9.17) is 9.47 Å². The van der Waals surface area contributed by atoms with Gasteiger partial charge in [0.05, 0.1) is 18.4 Å². The Kier molecular flexibility index (Phi) is 5.56. The van der Waals surface area contributed by atoms with E-state index in [2.05, 4.69) is 0 Å². The maximum Gasteiger partial charge on any atom is 0.309 e. The van der Waals surface area contributed by atoms with Gasteiger partial charge < -0.3 is 14.6 Å². The fraction of sp³-hybridized carbons (Fsp3) is 0.857. The molecular weight excluding hydrogens is 248 g/mol. The smallest absolute Gasteiger partial charge is 0.309 e. The van der Waals surface area contributed by atoms with Crippen LogP contribution >= 0.6 is 0 Å². The summed E-state index contributed by atoms with van der Waals surface area (Å²) in [6.07, 6.45) is -0.493. The number of aliphatic hydroxyl groups is 1. The van der Waals surface area contributed by atoms with Crippen molar-refractivity contribution in [3.05, 3.63) is 0 Å². The van der Waals surface area contributed by atoms with Crippen molar-refractivity contribution in [1.29, 1.82) is 0 Å². The minimum Gasteiger partial charge on any atom is -0.460 e. The van der Waals surface area contributed by atoms with Crippen LogP contribution in [-0.4, -0.2) is 33.8 Å². The van der Waals surface area contributed by atoms with E-state index in [1.807, 2.05) is 0 Å². The third kappa shape index (κ3) is 10.5. The maximum atomic E-state index is 11.6. The Morgan fingerprint density at radius 2 is 1.05 bits per heavy atom. The molecule has 0 aliphatic carbocycles. The Morgan fingerprint density at radius 1 is 0.789 bits per heavy atom. The molecule has 0 saturated heterocycles. The minimum atomic E-state index is -1.47. The van der Waals surface area contributed by atoms with Crippen molar-refractivity contribution in [3.63, 3.8) is 0 Å². The van der Waals surface area contributed by atoms with Gasteiger partial charge in [-0.3, -0.25) is 9.59 Å². The maximum absolute atomic E-state index is 11.6. The molecule has 0 spiro atoms. The van der Waals surface area contributed by atoms with Crippen LogP contribution in [-0.2, 0) is 19.1 Å². The van der Waals surface area contributed by atoms with Gasteiger partial charge in [-0.25, -0.2) is 0 Å². The van der Waals surface area contributed by atoms with Crippen LogP contribution < -0.4 is 0 Å². The molecular formula is C14H26O5. The largest absolute Gasteiger partial charge is 0.460 e. The average molecular weight is 274 g/mol. The highest BCUT2D eigenvalue weighted by molar-refractivity contribution is 5.75. The van der Waals surface area contributed by atoms with E-state index in [1.165, 1.54) is 6.92 Å². The third-order valence-electron chi connectivity index (χ3n) is 1.89. The molecule has 0 aliphatic rings. The van der Waals surface area contributed by atoms with Gasteiger partial charge >= 0.3 is 11.9 Å². The molecule has 0 saturated carbocycles. The molecule has 0 aromatic heterocycles. The summed E-state index contributed by atoms with van der Waals surface area (Å²) >= 11 is 0. The summed E-state index contributed by atoms with van der Waals surface area (Å²) in [5.74, 6) is -1.08. The van der Waals surface area contributed by atoms with Crippen LogP contribution in [0.5, 0.6) is 0 Å². The predicted molar refractivity (Wildman–Crippen MR) is 71.5 cm³/mol. The summed E-state index contributed by atoms with van der Waals surface area (Å²) in [6.45, 7) is 11.9. The number of carbonyl (C=O) groups is 2. The first kappa shape index (κ1) is 17.9. The lowest BCUT2D eigenvalue weighted by Gasteiger charge is -2.26. The van der Waals surface area contributed by atoms with Gasteiger partial charge in [0.2, 0.25) is 0 Å². The Bertz CT molecular complexity index is 299. The van der Waals surface area contributed by atoms with Crippen molar-refractivity contribution < 1.29 is 24.2 Å². The molecule has 5 nitrogen and oxygen atoms in total. The highest BCUT2D eigenvalue weighted by atomic mass is 16.6. The topological polar surface area (TPSA) is 72.8 Å². The quantitative estimate of drug-likeness (QED) is 0.796. The summed E-state index contributed by atoms with van der Waals surface area (Å²) in [5, 5.41) is 10.0. The molecule has 0 aromatic carbocycles. The summed E-state index contributed by atoms with van der Waals surface area (Å²) in [7, 11) is 0. The Hall–Kier alpha value is -1.10. The molecule has 0 radical (unpaired) electrons. The molecule has 0 atom stereocenters. The van der Waals surface area contributed by atoms with Gasteiger partial charge in [-0.1, -0.05) is 0 Å². The molecule has 0 aromatic rings. The van der Waals surface area contributed by atoms with E-state index in [0.717, 1.165) is 0 Å². The number of rotatable bonds is 4. The second-order valence-electron chi connectivity index (χ2n) is 7.02. The van der Waals surface area contributed by atoms with E-state index in [1.54, 1.807) is 41.5 Å². The molecule has 1 N–H and O–H groups in total. The first-order valence-electron chi connectivity index (χ1n) is 6.36. The zero-order valence-corrected chi connectivity index (χ0v) is 13.0. The standard InChI is InChI=1S/C14H26O5/c1-12(2,3)18-10(15)8-14(7,17)9-11(16)19-13(4,5)6/h17H,8-9H2,1-7H3. The van der Waals surface area contributed by atoms with Crippen LogP contribution in [0, 0.1) is 0 Å². The van der Waals surface area contributed by atoms with Crippen LogP contribution in [0.4, 0.5) is 0 Å². The highest BCUT2D eigenvalue weighted by Crippen LogP contribution is 2.20. The lowest BCUT2D eigenvalue weighted by molar-refractivity contribution is -0.165. The fourth-order valence-corrected chi connectivity index (χ4v) is 1.44. The Balaban J connectivity index is 4.40. The first-order chi connectivity index (χ1) is 8.20. The van der Waals surface area contributed by atoms with Gasteiger partial charge in [0, 0.05) is 0 Å². The average Bonchev–Trinajstić information content (AvgIpc) is 1.89. The van der Waals surface area contributed by atoms with Crippen molar-refractivity contribution in [3.8, 4) is 0 Å². The molecule has 0 unspecified atom stereocenters. The van der Waals surface area contributed by atoms with Crippen molar-refractivity contribution in [2.75, 3.05) is 0 Å². The number of ether oxygens (including phenoxy) is 2. The lowest BCUT2D eigenvalue weighted by atomic mass is 9.98. The van der Waals surface area contributed by atoms with Crippen molar-refractivity contribution in [1.82, 2.24) is 0 Å². The molecule has 0 aliphatic heterocycles. The number of carbonyl (C=O) groups excluding carboxylic acids is 2. The third-order valence-corrected chi connectivity index (χ3v) is 1.89. The molecule has 0 rings (SSSR count). The minimum absolute atomic E-state index is 0.247. The van der Waals surface area contributed by atoms with Gasteiger partial charge in [0.15, 0.2) is 0 Å². The molecule has 0 bridgehead atoms. The van der Waals surface area contributed by atoms with Gasteiger partial charge in [-0.2, -0.15) is 0 Å². The van der Waals surface area contributed by atoms with E-state index >= 15 is 0 Å². The normalized spacial score (nSPS) is 13.1. The van der Waals surface area contributed by atoms with Gasteiger partial charge in [0.25, 0.3) is 0 Å². The molecule has 0 fully saturated rings. The Labute approximate surface area is 115 Å². The van der Waals surface area contributed by atoms with Gasteiger partial charge in [-0.05, 0) is 48.5 Å². The van der Waals surface area contributed by atoms with Gasteiger partial charge in [0.1, 0.15) is 11.2 Å². The van der Waals surface area contributed by atoms with Crippen molar-refractivity contribution in [2.24, 2.45) is 0 Å². The molecule has 112 valence electrons. The fourth-order valence-electron chi connectivity index (χ4n) is 1.44. The van der Waals surface area contributed by atoms with Crippen LogP contribution in [0.1, 0.15) is 61.3 Å².